The number of nitrogens with zero attached hydrogens (tertiary/aromatic N) is 2. The zero-order valence-corrected chi connectivity index (χ0v) is 18.5. The van der Waals surface area contributed by atoms with Gasteiger partial charge in [-0.25, -0.2) is 0 Å². The highest BCUT2D eigenvalue weighted by molar-refractivity contribution is 7.80. The predicted molar refractivity (Wildman–Crippen MR) is 129 cm³/mol. The molecule has 0 bridgehead atoms. The van der Waals surface area contributed by atoms with Gasteiger partial charge < -0.3 is 4.90 Å². The van der Waals surface area contributed by atoms with Crippen LogP contribution in [0.3, 0.4) is 0 Å². The van der Waals surface area contributed by atoms with Crippen molar-refractivity contribution in [2.75, 3.05) is 32.1 Å². The largest absolute Gasteiger partial charge is 0.377 e. The van der Waals surface area contributed by atoms with Crippen LogP contribution in [0.15, 0.2) is 78.9 Å². The third-order valence-electron chi connectivity index (χ3n) is 5.65. The van der Waals surface area contributed by atoms with Crippen molar-refractivity contribution in [1.29, 1.82) is 0 Å². The van der Waals surface area contributed by atoms with Crippen molar-refractivity contribution in [3.63, 3.8) is 0 Å². The van der Waals surface area contributed by atoms with E-state index in [1.54, 1.807) is 0 Å². The lowest BCUT2D eigenvalue weighted by Gasteiger charge is -2.29. The molecular formula is C26H31N2P. The van der Waals surface area contributed by atoms with Gasteiger partial charge in [0.2, 0.25) is 0 Å². The SMILES string of the molecule is CN(C)c1ccc(CN2CCCCC2)cc1P(c1ccccc1)c1ccccc1. The number of likely N-dealkylation sites (tertiary alicyclic amines) is 1. The molecule has 0 radical (unpaired) electrons. The maximum absolute atomic E-state index is 2.62. The summed E-state index contributed by atoms with van der Waals surface area (Å²) in [7, 11) is 3.72. The molecule has 0 aliphatic carbocycles. The smallest absolute Gasteiger partial charge is 0.0446 e. The summed E-state index contributed by atoms with van der Waals surface area (Å²) in [5, 5.41) is 4.27. The number of hydrogen-bond acceptors (Lipinski definition) is 2. The minimum absolute atomic E-state index is 0.599. The van der Waals surface area contributed by atoms with Crippen molar-refractivity contribution in [3.05, 3.63) is 84.4 Å². The molecule has 4 rings (SSSR count). The summed E-state index contributed by atoms with van der Waals surface area (Å²) >= 11 is 0. The highest BCUT2D eigenvalue weighted by Gasteiger charge is 2.21. The van der Waals surface area contributed by atoms with Crippen molar-refractivity contribution in [2.24, 2.45) is 0 Å². The fourth-order valence-electron chi connectivity index (χ4n) is 4.18. The molecule has 1 fully saturated rings. The highest BCUT2D eigenvalue weighted by Crippen LogP contribution is 2.37. The van der Waals surface area contributed by atoms with E-state index in [1.807, 2.05) is 0 Å². The molecule has 0 saturated carbocycles. The van der Waals surface area contributed by atoms with E-state index in [9.17, 15) is 0 Å². The van der Waals surface area contributed by atoms with Crippen LogP contribution in [0, 0.1) is 0 Å². The quantitative estimate of drug-likeness (QED) is 0.561. The van der Waals surface area contributed by atoms with Crippen LogP contribution in [0.25, 0.3) is 0 Å². The van der Waals surface area contributed by atoms with Gasteiger partial charge >= 0.3 is 0 Å². The highest BCUT2D eigenvalue weighted by atomic mass is 31.1. The third kappa shape index (κ3) is 4.89. The second kappa shape index (κ2) is 9.57. The zero-order chi connectivity index (χ0) is 20.1. The topological polar surface area (TPSA) is 6.48 Å². The van der Waals surface area contributed by atoms with E-state index < -0.39 is 7.92 Å². The van der Waals surface area contributed by atoms with Gasteiger partial charge in [0.15, 0.2) is 0 Å². The molecule has 150 valence electrons. The zero-order valence-electron chi connectivity index (χ0n) is 17.6. The van der Waals surface area contributed by atoms with Gasteiger partial charge in [0.05, 0.1) is 0 Å². The molecular weight excluding hydrogens is 371 g/mol. The second-order valence-corrected chi connectivity index (χ2v) is 10.2. The first-order chi connectivity index (χ1) is 14.2. The predicted octanol–water partition coefficient (Wildman–Crippen LogP) is 4.50. The van der Waals surface area contributed by atoms with Gasteiger partial charge in [0.1, 0.15) is 0 Å². The van der Waals surface area contributed by atoms with Crippen LogP contribution in [0.4, 0.5) is 5.69 Å². The van der Waals surface area contributed by atoms with Crippen molar-refractivity contribution in [3.8, 4) is 0 Å². The third-order valence-corrected chi connectivity index (χ3v) is 8.12. The molecule has 0 N–H and O–H groups in total. The molecule has 0 spiro atoms. The molecule has 2 nitrogen and oxygen atoms in total. The minimum Gasteiger partial charge on any atom is -0.377 e. The standard InChI is InChI=1S/C26H31N2P/c1-27(2)25-17-16-22(21-28-18-10-5-11-19-28)20-26(25)29(23-12-6-3-7-13-23)24-14-8-4-9-15-24/h3-4,6-9,12-17,20H,5,10-11,18-19,21H2,1-2H3. The van der Waals surface area contributed by atoms with E-state index in [4.69, 9.17) is 0 Å². The molecule has 1 heterocycles. The first kappa shape index (κ1) is 20.1. The molecule has 3 heteroatoms. The molecule has 0 amide bonds. The van der Waals surface area contributed by atoms with Gasteiger partial charge in [-0.2, -0.15) is 0 Å². The maximum Gasteiger partial charge on any atom is 0.0446 e. The Bertz CT molecular complexity index is 863. The number of benzene rings is 3. The number of rotatable bonds is 6. The van der Waals surface area contributed by atoms with E-state index in [0.29, 0.717) is 0 Å². The van der Waals surface area contributed by atoms with Crippen LogP contribution >= 0.6 is 7.92 Å². The summed E-state index contributed by atoms with van der Waals surface area (Å²) in [5.74, 6) is 0. The second-order valence-electron chi connectivity index (χ2n) is 8.06. The molecule has 3 aromatic rings. The Hall–Kier alpha value is -2.15. The lowest BCUT2D eigenvalue weighted by Crippen LogP contribution is -2.30. The van der Waals surface area contributed by atoms with Crippen LogP contribution in [-0.2, 0) is 6.54 Å². The number of anilines is 1. The Labute approximate surface area is 176 Å². The van der Waals surface area contributed by atoms with E-state index in [2.05, 4.69) is 103 Å². The molecule has 1 aliphatic rings. The fraction of sp³-hybridized carbons (Fsp3) is 0.308. The van der Waals surface area contributed by atoms with Crippen LogP contribution in [-0.4, -0.2) is 32.1 Å². The Morgan fingerprint density at radius 3 is 1.90 bits per heavy atom. The Kier molecular flexibility index (Phi) is 6.64. The number of hydrogen-bond donors (Lipinski definition) is 0. The summed E-state index contributed by atoms with van der Waals surface area (Å²) in [5.41, 5.74) is 2.76. The van der Waals surface area contributed by atoms with Gasteiger partial charge in [0.25, 0.3) is 0 Å². The lowest BCUT2D eigenvalue weighted by molar-refractivity contribution is 0.221. The average Bonchev–Trinajstić information content (AvgIpc) is 2.76. The van der Waals surface area contributed by atoms with Crippen molar-refractivity contribution in [2.45, 2.75) is 25.8 Å². The van der Waals surface area contributed by atoms with Gasteiger partial charge in [-0.15, -0.1) is 0 Å². The van der Waals surface area contributed by atoms with Gasteiger partial charge in [-0.05, 0) is 62.2 Å². The fourth-order valence-corrected chi connectivity index (χ4v) is 6.78. The average molecular weight is 403 g/mol. The van der Waals surface area contributed by atoms with E-state index in [-0.39, 0.29) is 0 Å². The molecule has 0 atom stereocenters. The monoisotopic (exact) mass is 402 g/mol. The summed E-state index contributed by atoms with van der Waals surface area (Å²) in [6.07, 6.45) is 4.06. The van der Waals surface area contributed by atoms with Crippen LogP contribution < -0.4 is 20.8 Å². The molecule has 1 saturated heterocycles. The Morgan fingerprint density at radius 2 is 1.34 bits per heavy atom. The van der Waals surface area contributed by atoms with Crippen molar-refractivity contribution < 1.29 is 0 Å². The minimum atomic E-state index is -0.599. The van der Waals surface area contributed by atoms with Crippen molar-refractivity contribution >= 4 is 29.5 Å². The van der Waals surface area contributed by atoms with Gasteiger partial charge in [-0.1, -0.05) is 73.2 Å². The van der Waals surface area contributed by atoms with Crippen LogP contribution in [0.2, 0.25) is 0 Å². The molecule has 29 heavy (non-hydrogen) atoms. The van der Waals surface area contributed by atoms with E-state index in [0.717, 1.165) is 6.54 Å². The molecule has 1 aliphatic heterocycles. The van der Waals surface area contributed by atoms with Gasteiger partial charge in [-0.3, -0.25) is 4.90 Å². The summed E-state index contributed by atoms with van der Waals surface area (Å²) < 4.78 is 0. The van der Waals surface area contributed by atoms with Gasteiger partial charge in [0, 0.05) is 31.6 Å². The van der Waals surface area contributed by atoms with Crippen LogP contribution in [0.1, 0.15) is 24.8 Å². The molecule has 3 aromatic carbocycles. The lowest BCUT2D eigenvalue weighted by atomic mass is 10.1. The first-order valence-electron chi connectivity index (χ1n) is 10.7. The molecule has 0 aromatic heterocycles. The molecule has 0 unspecified atom stereocenters. The summed E-state index contributed by atoms with van der Waals surface area (Å²) in [6, 6.07) is 29.2. The first-order valence-corrected chi connectivity index (χ1v) is 12.0. The Morgan fingerprint density at radius 1 is 0.759 bits per heavy atom. The Balaban J connectivity index is 1.78. The number of piperidine rings is 1. The van der Waals surface area contributed by atoms with E-state index in [1.165, 1.54) is 59.5 Å². The van der Waals surface area contributed by atoms with Crippen LogP contribution in [0.5, 0.6) is 0 Å². The van der Waals surface area contributed by atoms with Crippen molar-refractivity contribution in [1.82, 2.24) is 4.90 Å². The normalized spacial score (nSPS) is 14.9. The van der Waals surface area contributed by atoms with E-state index >= 15 is 0 Å². The maximum atomic E-state index is 2.62. The summed E-state index contributed by atoms with van der Waals surface area (Å²) in [6.45, 7) is 3.53. The summed E-state index contributed by atoms with van der Waals surface area (Å²) in [4.78, 5) is 4.88.